The Balaban J connectivity index is 3.37. The van der Waals surface area contributed by atoms with Gasteiger partial charge in [0.25, 0.3) is 0 Å². The van der Waals surface area contributed by atoms with Crippen molar-refractivity contribution >= 4 is 34.7 Å². The molecule has 1 aromatic carbocycles. The van der Waals surface area contributed by atoms with Crippen molar-refractivity contribution in [3.05, 3.63) is 28.3 Å². The second-order valence-electron chi connectivity index (χ2n) is 2.62. The zero-order chi connectivity index (χ0) is 9.14. The lowest BCUT2D eigenvalue weighted by Gasteiger charge is -2.02. The predicted molar refractivity (Wildman–Crippen MR) is 55.6 cm³/mol. The highest BCUT2D eigenvalue weighted by molar-refractivity contribution is 7.78. The molecule has 62 valence electrons. The van der Waals surface area contributed by atoms with Gasteiger partial charge in [-0.2, -0.15) is 4.99 Å². The fourth-order valence-electron chi connectivity index (χ4n) is 1.10. The Hall–Kier alpha value is -0.690. The largest absolute Gasteiger partial charge is 0.193 e. The number of aryl methyl sites for hydroxylation is 2. The van der Waals surface area contributed by atoms with Crippen molar-refractivity contribution in [2.75, 3.05) is 0 Å². The zero-order valence-corrected chi connectivity index (χ0v) is 8.46. The monoisotopic (exact) mass is 197 g/mol. The molecule has 0 saturated heterocycles. The van der Waals surface area contributed by atoms with Gasteiger partial charge < -0.3 is 0 Å². The van der Waals surface area contributed by atoms with Crippen LogP contribution in [0.15, 0.2) is 17.1 Å². The van der Waals surface area contributed by atoms with Crippen LogP contribution in [0.3, 0.4) is 0 Å². The molecule has 1 nitrogen and oxygen atoms in total. The summed E-state index contributed by atoms with van der Waals surface area (Å²) in [6.45, 7) is 3.94. The number of benzene rings is 1. The van der Waals surface area contributed by atoms with Gasteiger partial charge in [0.15, 0.2) is 0 Å². The van der Waals surface area contributed by atoms with Gasteiger partial charge >= 0.3 is 0 Å². The molecule has 0 aromatic heterocycles. The van der Waals surface area contributed by atoms with Crippen LogP contribution in [-0.2, 0) is 0 Å². The highest BCUT2D eigenvalue weighted by atomic mass is 35.5. The number of aliphatic imine (C=N–C) groups is 1. The SMILES string of the molecule is Cc1cc(C)c(N=C=S)c(Cl)c1. The lowest BCUT2D eigenvalue weighted by molar-refractivity contribution is 1.35. The van der Waals surface area contributed by atoms with Crippen LogP contribution in [0.25, 0.3) is 0 Å². The molecule has 0 saturated carbocycles. The van der Waals surface area contributed by atoms with Crippen molar-refractivity contribution in [3.8, 4) is 0 Å². The summed E-state index contributed by atoms with van der Waals surface area (Å²) in [5, 5.41) is 2.94. The van der Waals surface area contributed by atoms with Crippen LogP contribution in [-0.4, -0.2) is 5.16 Å². The Morgan fingerprint density at radius 3 is 2.58 bits per heavy atom. The first-order valence-electron chi connectivity index (χ1n) is 3.50. The van der Waals surface area contributed by atoms with Crippen molar-refractivity contribution in [1.82, 2.24) is 0 Å². The third-order valence-electron chi connectivity index (χ3n) is 1.56. The topological polar surface area (TPSA) is 12.4 Å². The molecule has 0 aliphatic heterocycles. The van der Waals surface area contributed by atoms with Gasteiger partial charge in [0.05, 0.1) is 15.9 Å². The Bertz CT molecular complexity index is 331. The number of hydrogen-bond acceptors (Lipinski definition) is 2. The molecule has 1 aromatic rings. The van der Waals surface area contributed by atoms with Crippen LogP contribution in [0, 0.1) is 13.8 Å². The molecule has 0 atom stereocenters. The standard InChI is InChI=1S/C9H8ClNS/c1-6-3-7(2)9(11-5-12)8(10)4-6/h3-4H,1-2H3. The average Bonchev–Trinajstić information content (AvgIpc) is 1.96. The van der Waals surface area contributed by atoms with E-state index in [0.717, 1.165) is 16.8 Å². The van der Waals surface area contributed by atoms with Crippen molar-refractivity contribution in [3.63, 3.8) is 0 Å². The maximum absolute atomic E-state index is 5.93. The van der Waals surface area contributed by atoms with Crippen molar-refractivity contribution < 1.29 is 0 Å². The summed E-state index contributed by atoms with van der Waals surface area (Å²) in [6.07, 6.45) is 0. The Morgan fingerprint density at radius 2 is 2.08 bits per heavy atom. The Morgan fingerprint density at radius 1 is 1.42 bits per heavy atom. The average molecular weight is 198 g/mol. The van der Waals surface area contributed by atoms with E-state index in [4.69, 9.17) is 11.6 Å². The summed E-state index contributed by atoms with van der Waals surface area (Å²) in [6, 6.07) is 3.87. The third kappa shape index (κ3) is 1.92. The molecule has 3 heteroatoms. The molecule has 0 unspecified atom stereocenters. The second-order valence-corrected chi connectivity index (χ2v) is 3.21. The van der Waals surface area contributed by atoms with E-state index in [1.807, 2.05) is 26.0 Å². The maximum Gasteiger partial charge on any atom is 0.0954 e. The predicted octanol–water partition coefficient (Wildman–Crippen LogP) is 3.69. The molecule has 1 rings (SSSR count). The lowest BCUT2D eigenvalue weighted by atomic mass is 10.1. The molecule has 0 aliphatic rings. The van der Waals surface area contributed by atoms with Crippen LogP contribution in [0.1, 0.15) is 11.1 Å². The van der Waals surface area contributed by atoms with E-state index in [9.17, 15) is 0 Å². The number of hydrogen-bond donors (Lipinski definition) is 0. The summed E-state index contributed by atoms with van der Waals surface area (Å²) < 4.78 is 0. The summed E-state index contributed by atoms with van der Waals surface area (Å²) in [7, 11) is 0. The van der Waals surface area contributed by atoms with Gasteiger partial charge in [0.1, 0.15) is 0 Å². The van der Waals surface area contributed by atoms with E-state index in [2.05, 4.69) is 22.4 Å². The van der Waals surface area contributed by atoms with E-state index in [0.29, 0.717) is 5.02 Å². The number of isothiocyanates is 1. The molecule has 12 heavy (non-hydrogen) atoms. The van der Waals surface area contributed by atoms with Crippen LogP contribution in [0.2, 0.25) is 5.02 Å². The maximum atomic E-state index is 5.93. The Kier molecular flexibility index (Phi) is 2.99. The summed E-state index contributed by atoms with van der Waals surface area (Å²) in [5.74, 6) is 0. The van der Waals surface area contributed by atoms with Crippen LogP contribution in [0.4, 0.5) is 5.69 Å². The third-order valence-corrected chi connectivity index (χ3v) is 1.94. The van der Waals surface area contributed by atoms with Crippen molar-refractivity contribution in [1.29, 1.82) is 0 Å². The molecule has 0 aliphatic carbocycles. The summed E-state index contributed by atoms with van der Waals surface area (Å²) in [5.41, 5.74) is 2.87. The van der Waals surface area contributed by atoms with Gasteiger partial charge in [-0.25, -0.2) is 0 Å². The Labute approximate surface area is 82.1 Å². The normalized spacial score (nSPS) is 9.25. The number of nitrogens with zero attached hydrogens (tertiary/aromatic N) is 1. The van der Waals surface area contributed by atoms with Gasteiger partial charge in [-0.1, -0.05) is 17.7 Å². The summed E-state index contributed by atoms with van der Waals surface area (Å²) in [4.78, 5) is 3.88. The molecule has 0 amide bonds. The smallest absolute Gasteiger partial charge is 0.0954 e. The fourth-order valence-corrected chi connectivity index (χ4v) is 1.55. The van der Waals surface area contributed by atoms with E-state index in [-0.39, 0.29) is 0 Å². The highest BCUT2D eigenvalue weighted by Crippen LogP contribution is 2.29. The van der Waals surface area contributed by atoms with E-state index in [1.165, 1.54) is 0 Å². The molecule has 0 heterocycles. The molecule has 0 fully saturated rings. The van der Waals surface area contributed by atoms with Gasteiger partial charge in [-0.15, -0.1) is 0 Å². The van der Waals surface area contributed by atoms with Gasteiger partial charge in [0.2, 0.25) is 0 Å². The van der Waals surface area contributed by atoms with Gasteiger partial charge in [-0.3, -0.25) is 0 Å². The molecule has 0 bridgehead atoms. The van der Waals surface area contributed by atoms with Crippen molar-refractivity contribution in [2.45, 2.75) is 13.8 Å². The quantitative estimate of drug-likeness (QED) is 0.494. The second kappa shape index (κ2) is 3.81. The first-order valence-corrected chi connectivity index (χ1v) is 4.28. The minimum absolute atomic E-state index is 0.629. The van der Waals surface area contributed by atoms with Crippen LogP contribution >= 0.6 is 23.8 Å². The fraction of sp³-hybridized carbons (Fsp3) is 0.222. The minimum atomic E-state index is 0.629. The molecular weight excluding hydrogens is 190 g/mol. The van der Waals surface area contributed by atoms with E-state index < -0.39 is 0 Å². The van der Waals surface area contributed by atoms with Gasteiger partial charge in [0, 0.05) is 0 Å². The van der Waals surface area contributed by atoms with Gasteiger partial charge in [-0.05, 0) is 43.3 Å². The lowest BCUT2D eigenvalue weighted by Crippen LogP contribution is -1.79. The highest BCUT2D eigenvalue weighted by Gasteiger charge is 2.02. The summed E-state index contributed by atoms with van der Waals surface area (Å²) >= 11 is 10.4. The number of rotatable bonds is 1. The van der Waals surface area contributed by atoms with E-state index in [1.54, 1.807) is 0 Å². The molecule has 0 spiro atoms. The zero-order valence-electron chi connectivity index (χ0n) is 6.89. The molecule has 0 N–H and O–H groups in total. The van der Waals surface area contributed by atoms with Crippen LogP contribution < -0.4 is 0 Å². The van der Waals surface area contributed by atoms with Crippen LogP contribution in [0.5, 0.6) is 0 Å². The van der Waals surface area contributed by atoms with Crippen molar-refractivity contribution in [2.24, 2.45) is 4.99 Å². The first-order chi connectivity index (χ1) is 5.65. The minimum Gasteiger partial charge on any atom is -0.193 e. The molecule has 0 radical (unpaired) electrons. The molecular formula is C9H8ClNS. The van der Waals surface area contributed by atoms with E-state index >= 15 is 0 Å². The first kappa shape index (κ1) is 9.40. The number of thiocarbonyl (C=S) groups is 1. The number of halogens is 1.